The van der Waals surface area contributed by atoms with Gasteiger partial charge in [-0.15, -0.1) is 0 Å². The summed E-state index contributed by atoms with van der Waals surface area (Å²) in [5, 5.41) is 22.7. The third-order valence-corrected chi connectivity index (χ3v) is 2.96. The fourth-order valence-electron chi connectivity index (χ4n) is 1.81. The van der Waals surface area contributed by atoms with Crippen molar-refractivity contribution in [3.05, 3.63) is 39.9 Å². The maximum Gasteiger partial charge on any atom is 0.269 e. The molecule has 1 aromatic rings. The van der Waals surface area contributed by atoms with Crippen LogP contribution in [0.1, 0.15) is 25.3 Å². The van der Waals surface area contributed by atoms with Crippen LogP contribution >= 0.6 is 0 Å². The maximum absolute atomic E-state index is 10.5. The molecule has 18 heavy (non-hydrogen) atoms. The van der Waals surface area contributed by atoms with Crippen LogP contribution in [0.15, 0.2) is 24.3 Å². The fourth-order valence-corrected chi connectivity index (χ4v) is 1.81. The average Bonchev–Trinajstić information content (AvgIpc) is 2.38. The normalized spacial score (nSPS) is 12.3. The molecule has 0 radical (unpaired) electrons. The first-order chi connectivity index (χ1) is 8.67. The number of aliphatic hydroxyl groups is 1. The number of nitrogens with zero attached hydrogens (tertiary/aromatic N) is 1. The van der Waals surface area contributed by atoms with Gasteiger partial charge in [0.1, 0.15) is 0 Å². The molecule has 0 aliphatic heterocycles. The monoisotopic (exact) mass is 252 g/mol. The quantitative estimate of drug-likeness (QED) is 0.547. The Hall–Kier alpha value is -1.46. The molecule has 5 heteroatoms. The third-order valence-electron chi connectivity index (χ3n) is 2.96. The zero-order chi connectivity index (χ0) is 13.4. The van der Waals surface area contributed by atoms with Crippen molar-refractivity contribution in [3.63, 3.8) is 0 Å². The molecule has 0 saturated heterocycles. The second-order valence-corrected chi connectivity index (χ2v) is 4.25. The molecule has 0 aliphatic rings. The Balaban J connectivity index is 2.37. The van der Waals surface area contributed by atoms with Gasteiger partial charge in [0.2, 0.25) is 0 Å². The van der Waals surface area contributed by atoms with E-state index in [1.165, 1.54) is 12.1 Å². The molecular formula is C13H20N2O3. The van der Waals surface area contributed by atoms with Gasteiger partial charge in [0.15, 0.2) is 0 Å². The van der Waals surface area contributed by atoms with Crippen molar-refractivity contribution < 1.29 is 10.0 Å². The van der Waals surface area contributed by atoms with Gasteiger partial charge < -0.3 is 10.4 Å². The highest BCUT2D eigenvalue weighted by molar-refractivity contribution is 5.32. The van der Waals surface area contributed by atoms with Crippen molar-refractivity contribution in [3.8, 4) is 0 Å². The number of hydrogen-bond acceptors (Lipinski definition) is 4. The number of nitro benzene ring substituents is 1. The predicted octanol–water partition coefficient (Wildman–Crippen LogP) is 1.89. The maximum atomic E-state index is 10.5. The highest BCUT2D eigenvalue weighted by atomic mass is 16.6. The summed E-state index contributed by atoms with van der Waals surface area (Å²) in [6, 6.07) is 6.97. The SMILES string of the molecule is CCC(CCO)NCCc1ccc([N+](=O)[O-])cc1. The zero-order valence-electron chi connectivity index (χ0n) is 10.6. The van der Waals surface area contributed by atoms with E-state index >= 15 is 0 Å². The lowest BCUT2D eigenvalue weighted by atomic mass is 10.1. The highest BCUT2D eigenvalue weighted by Crippen LogP contribution is 2.12. The number of rotatable bonds is 8. The summed E-state index contributed by atoms with van der Waals surface area (Å²) < 4.78 is 0. The Morgan fingerprint density at radius 3 is 2.56 bits per heavy atom. The Labute approximate surface area is 107 Å². The molecule has 1 rings (SSSR count). The lowest BCUT2D eigenvalue weighted by molar-refractivity contribution is -0.384. The number of non-ortho nitro benzene ring substituents is 1. The molecule has 0 fully saturated rings. The van der Waals surface area contributed by atoms with Crippen LogP contribution in [0.2, 0.25) is 0 Å². The Morgan fingerprint density at radius 1 is 1.39 bits per heavy atom. The summed E-state index contributed by atoms with van der Waals surface area (Å²) in [7, 11) is 0. The number of hydrogen-bond donors (Lipinski definition) is 2. The van der Waals surface area contributed by atoms with Gasteiger partial charge in [-0.2, -0.15) is 0 Å². The van der Waals surface area contributed by atoms with E-state index in [-0.39, 0.29) is 12.3 Å². The lowest BCUT2D eigenvalue weighted by Gasteiger charge is -2.15. The minimum absolute atomic E-state index is 0.124. The van der Waals surface area contributed by atoms with Gasteiger partial charge in [-0.25, -0.2) is 0 Å². The summed E-state index contributed by atoms with van der Waals surface area (Å²) in [6.45, 7) is 3.10. The summed E-state index contributed by atoms with van der Waals surface area (Å²) in [5.74, 6) is 0. The zero-order valence-corrected chi connectivity index (χ0v) is 10.6. The summed E-state index contributed by atoms with van der Waals surface area (Å²) in [5.41, 5.74) is 1.20. The van der Waals surface area contributed by atoms with E-state index in [0.717, 1.165) is 31.4 Å². The minimum atomic E-state index is -0.392. The molecule has 0 heterocycles. The molecule has 1 aromatic carbocycles. The van der Waals surface area contributed by atoms with E-state index in [0.29, 0.717) is 6.04 Å². The van der Waals surface area contributed by atoms with Crippen LogP contribution in [-0.2, 0) is 6.42 Å². The molecule has 0 amide bonds. The summed E-state index contributed by atoms with van der Waals surface area (Å²) >= 11 is 0. The lowest BCUT2D eigenvalue weighted by Crippen LogP contribution is -2.31. The molecule has 0 bridgehead atoms. The van der Waals surface area contributed by atoms with Gasteiger partial charge in [0, 0.05) is 24.8 Å². The Morgan fingerprint density at radius 2 is 2.06 bits per heavy atom. The summed E-state index contributed by atoms with van der Waals surface area (Å²) in [6.07, 6.45) is 2.58. The largest absolute Gasteiger partial charge is 0.396 e. The predicted molar refractivity (Wildman–Crippen MR) is 70.6 cm³/mol. The van der Waals surface area contributed by atoms with Gasteiger partial charge >= 0.3 is 0 Å². The highest BCUT2D eigenvalue weighted by Gasteiger charge is 2.06. The number of benzene rings is 1. The van der Waals surface area contributed by atoms with Gasteiger partial charge in [0.05, 0.1) is 4.92 Å². The molecule has 1 unspecified atom stereocenters. The van der Waals surface area contributed by atoms with Crippen LogP contribution in [-0.4, -0.2) is 29.2 Å². The first-order valence-electron chi connectivity index (χ1n) is 6.25. The molecule has 5 nitrogen and oxygen atoms in total. The molecule has 2 N–H and O–H groups in total. The van der Waals surface area contributed by atoms with Crippen LogP contribution in [0.3, 0.4) is 0 Å². The van der Waals surface area contributed by atoms with Crippen molar-refractivity contribution in [2.24, 2.45) is 0 Å². The molecule has 0 saturated carbocycles. The van der Waals surface area contributed by atoms with Gasteiger partial charge in [0.25, 0.3) is 5.69 Å². The van der Waals surface area contributed by atoms with Crippen molar-refractivity contribution in [2.75, 3.05) is 13.2 Å². The van der Waals surface area contributed by atoms with E-state index in [9.17, 15) is 10.1 Å². The molecule has 0 aromatic heterocycles. The van der Waals surface area contributed by atoms with Gasteiger partial charge in [-0.3, -0.25) is 10.1 Å². The average molecular weight is 252 g/mol. The van der Waals surface area contributed by atoms with Crippen molar-refractivity contribution >= 4 is 5.69 Å². The minimum Gasteiger partial charge on any atom is -0.396 e. The van der Waals surface area contributed by atoms with Crippen molar-refractivity contribution in [1.82, 2.24) is 5.32 Å². The second kappa shape index (κ2) is 7.79. The third kappa shape index (κ3) is 4.81. The van der Waals surface area contributed by atoms with Crippen LogP contribution in [0.25, 0.3) is 0 Å². The van der Waals surface area contributed by atoms with Crippen molar-refractivity contribution in [2.45, 2.75) is 32.2 Å². The van der Waals surface area contributed by atoms with E-state index < -0.39 is 4.92 Å². The molecule has 0 spiro atoms. The second-order valence-electron chi connectivity index (χ2n) is 4.25. The topological polar surface area (TPSA) is 75.4 Å². The Kier molecular flexibility index (Phi) is 6.32. The number of aliphatic hydroxyl groups excluding tert-OH is 1. The van der Waals surface area contributed by atoms with E-state index in [2.05, 4.69) is 12.2 Å². The first kappa shape index (κ1) is 14.6. The van der Waals surface area contributed by atoms with Gasteiger partial charge in [-0.1, -0.05) is 19.1 Å². The Bertz CT molecular complexity index is 365. The molecule has 1 atom stereocenters. The standard InChI is InChI=1S/C13H20N2O3/c1-2-12(8-10-16)14-9-7-11-3-5-13(6-4-11)15(17)18/h3-6,12,14,16H,2,7-10H2,1H3. The van der Waals surface area contributed by atoms with E-state index in [1.54, 1.807) is 12.1 Å². The molecule has 0 aliphatic carbocycles. The number of nitrogens with one attached hydrogen (secondary N) is 1. The van der Waals surface area contributed by atoms with Crippen LogP contribution in [0.5, 0.6) is 0 Å². The summed E-state index contributed by atoms with van der Waals surface area (Å²) in [4.78, 5) is 10.1. The van der Waals surface area contributed by atoms with Crippen LogP contribution in [0, 0.1) is 10.1 Å². The number of nitro groups is 1. The smallest absolute Gasteiger partial charge is 0.269 e. The van der Waals surface area contributed by atoms with Crippen LogP contribution < -0.4 is 5.32 Å². The van der Waals surface area contributed by atoms with Gasteiger partial charge in [-0.05, 0) is 31.4 Å². The van der Waals surface area contributed by atoms with E-state index in [1.807, 2.05) is 0 Å². The fraction of sp³-hybridized carbons (Fsp3) is 0.538. The molecule has 100 valence electrons. The van der Waals surface area contributed by atoms with Crippen LogP contribution in [0.4, 0.5) is 5.69 Å². The first-order valence-corrected chi connectivity index (χ1v) is 6.25. The van der Waals surface area contributed by atoms with E-state index in [4.69, 9.17) is 5.11 Å². The molecular weight excluding hydrogens is 232 g/mol. The van der Waals surface area contributed by atoms with Crippen molar-refractivity contribution in [1.29, 1.82) is 0 Å².